The Morgan fingerprint density at radius 2 is 1.84 bits per heavy atom. The SMILES string of the molecule is C#CCOc1ccc(Cl)cc1/C=C1/C(=O)NC(=O)N(c2cc(C(F)(F)F)ccc2Cl)C1=O. The van der Waals surface area contributed by atoms with Crippen LogP contribution in [-0.4, -0.2) is 24.5 Å². The summed E-state index contributed by atoms with van der Waals surface area (Å²) in [5.74, 6) is 0.178. The van der Waals surface area contributed by atoms with Crippen molar-refractivity contribution in [2.24, 2.45) is 0 Å². The minimum absolute atomic E-state index is 0.123. The Kier molecular flexibility index (Phi) is 6.48. The second kappa shape index (κ2) is 8.94. The van der Waals surface area contributed by atoms with E-state index in [0.717, 1.165) is 12.1 Å². The van der Waals surface area contributed by atoms with Crippen molar-refractivity contribution in [3.05, 3.63) is 63.1 Å². The van der Waals surface area contributed by atoms with Crippen molar-refractivity contribution in [2.75, 3.05) is 11.5 Å². The first kappa shape index (κ1) is 23.2. The van der Waals surface area contributed by atoms with E-state index in [9.17, 15) is 27.6 Å². The summed E-state index contributed by atoms with van der Waals surface area (Å²) in [6.07, 6.45) is 1.49. The molecule has 3 rings (SSSR count). The number of urea groups is 1. The van der Waals surface area contributed by atoms with Gasteiger partial charge < -0.3 is 4.74 Å². The maximum atomic E-state index is 13.1. The van der Waals surface area contributed by atoms with Gasteiger partial charge in [0.1, 0.15) is 17.9 Å². The fourth-order valence-corrected chi connectivity index (χ4v) is 3.16. The number of terminal acetylenes is 1. The Morgan fingerprint density at radius 1 is 1.12 bits per heavy atom. The number of imide groups is 2. The molecule has 0 unspecified atom stereocenters. The monoisotopic (exact) mass is 482 g/mol. The van der Waals surface area contributed by atoms with Crippen LogP contribution in [0.5, 0.6) is 5.75 Å². The lowest BCUT2D eigenvalue weighted by Crippen LogP contribution is -2.54. The van der Waals surface area contributed by atoms with Crippen LogP contribution < -0.4 is 15.0 Å². The number of hydrogen-bond acceptors (Lipinski definition) is 4. The molecule has 1 aliphatic rings. The normalized spacial score (nSPS) is 15.6. The fourth-order valence-electron chi connectivity index (χ4n) is 2.78. The molecule has 32 heavy (non-hydrogen) atoms. The third-order valence-electron chi connectivity index (χ3n) is 4.20. The van der Waals surface area contributed by atoms with Crippen LogP contribution in [0, 0.1) is 12.3 Å². The third kappa shape index (κ3) is 4.72. The summed E-state index contributed by atoms with van der Waals surface area (Å²) in [6.45, 7) is -0.123. The molecule has 0 bridgehead atoms. The van der Waals surface area contributed by atoms with Crippen LogP contribution in [-0.2, 0) is 15.8 Å². The predicted octanol–water partition coefficient (Wildman–Crippen LogP) is 4.69. The molecule has 1 N–H and O–H groups in total. The second-order valence-corrected chi connectivity index (χ2v) is 7.14. The van der Waals surface area contributed by atoms with Gasteiger partial charge in [-0.25, -0.2) is 9.69 Å². The van der Waals surface area contributed by atoms with Crippen LogP contribution in [0.15, 0.2) is 42.0 Å². The molecular formula is C21H11Cl2F3N2O4. The number of rotatable bonds is 4. The molecule has 0 spiro atoms. The molecule has 1 aliphatic heterocycles. The molecule has 0 aromatic heterocycles. The summed E-state index contributed by atoms with van der Waals surface area (Å²) in [5, 5.41) is 1.83. The number of hydrogen-bond donors (Lipinski definition) is 1. The lowest BCUT2D eigenvalue weighted by molar-refractivity contribution is -0.137. The molecule has 11 heteroatoms. The topological polar surface area (TPSA) is 75.7 Å². The highest BCUT2D eigenvalue weighted by molar-refractivity contribution is 6.42. The largest absolute Gasteiger partial charge is 0.480 e. The highest BCUT2D eigenvalue weighted by atomic mass is 35.5. The molecule has 0 aliphatic carbocycles. The van der Waals surface area contributed by atoms with Gasteiger partial charge in [0, 0.05) is 10.6 Å². The van der Waals surface area contributed by atoms with E-state index < -0.39 is 40.8 Å². The summed E-state index contributed by atoms with van der Waals surface area (Å²) >= 11 is 11.9. The molecule has 6 nitrogen and oxygen atoms in total. The van der Waals surface area contributed by atoms with Crippen LogP contribution in [0.25, 0.3) is 6.08 Å². The minimum atomic E-state index is -4.76. The quantitative estimate of drug-likeness (QED) is 0.389. The predicted molar refractivity (Wildman–Crippen MR) is 111 cm³/mol. The number of nitrogens with one attached hydrogen (secondary N) is 1. The van der Waals surface area contributed by atoms with Gasteiger partial charge in [-0.05, 0) is 42.5 Å². The van der Waals surface area contributed by atoms with Crippen LogP contribution in [0.1, 0.15) is 11.1 Å². The molecule has 2 aromatic rings. The van der Waals surface area contributed by atoms with Crippen molar-refractivity contribution in [2.45, 2.75) is 6.18 Å². The number of barbiturate groups is 1. The lowest BCUT2D eigenvalue weighted by atomic mass is 10.1. The smallest absolute Gasteiger partial charge is 0.416 e. The van der Waals surface area contributed by atoms with Gasteiger partial charge in [-0.3, -0.25) is 14.9 Å². The maximum absolute atomic E-state index is 13.1. The Bertz CT molecular complexity index is 1200. The van der Waals surface area contributed by atoms with E-state index >= 15 is 0 Å². The zero-order valence-corrected chi connectivity index (χ0v) is 17.3. The van der Waals surface area contributed by atoms with E-state index in [2.05, 4.69) is 5.92 Å². The van der Waals surface area contributed by atoms with E-state index in [1.165, 1.54) is 18.2 Å². The van der Waals surface area contributed by atoms with Crippen molar-refractivity contribution in [1.82, 2.24) is 5.32 Å². The summed E-state index contributed by atoms with van der Waals surface area (Å²) in [5.41, 5.74) is -2.07. The summed E-state index contributed by atoms with van der Waals surface area (Å²) in [6, 6.07) is 5.17. The van der Waals surface area contributed by atoms with Gasteiger partial charge in [-0.1, -0.05) is 29.1 Å². The number of carbonyl (C=O) groups excluding carboxylic acids is 3. The second-order valence-electron chi connectivity index (χ2n) is 6.30. The van der Waals surface area contributed by atoms with Crippen molar-refractivity contribution in [3.63, 3.8) is 0 Å². The van der Waals surface area contributed by atoms with E-state index in [1.807, 2.05) is 5.32 Å². The number of benzene rings is 2. The molecule has 0 atom stereocenters. The van der Waals surface area contributed by atoms with E-state index in [0.29, 0.717) is 17.0 Å². The molecule has 1 saturated heterocycles. The van der Waals surface area contributed by atoms with E-state index in [1.54, 1.807) is 0 Å². The molecule has 4 amide bonds. The zero-order valence-electron chi connectivity index (χ0n) is 15.8. The highest BCUT2D eigenvalue weighted by Gasteiger charge is 2.39. The van der Waals surface area contributed by atoms with Gasteiger partial charge in [-0.15, -0.1) is 6.42 Å². The maximum Gasteiger partial charge on any atom is 0.416 e. The Morgan fingerprint density at radius 3 is 2.50 bits per heavy atom. The molecule has 164 valence electrons. The number of alkyl halides is 3. The number of carbonyl (C=O) groups is 3. The van der Waals surface area contributed by atoms with E-state index in [-0.39, 0.29) is 28.0 Å². The first-order chi connectivity index (χ1) is 15.0. The molecule has 0 saturated carbocycles. The van der Waals surface area contributed by atoms with Gasteiger partial charge in [0.05, 0.1) is 16.3 Å². The molecule has 2 aromatic carbocycles. The lowest BCUT2D eigenvalue weighted by Gasteiger charge is -2.27. The molecule has 1 heterocycles. The van der Waals surface area contributed by atoms with Crippen molar-refractivity contribution in [1.29, 1.82) is 0 Å². The first-order valence-corrected chi connectivity index (χ1v) is 9.42. The van der Waals surface area contributed by atoms with Gasteiger partial charge in [-0.2, -0.15) is 13.2 Å². The van der Waals surface area contributed by atoms with Gasteiger partial charge >= 0.3 is 12.2 Å². The standard InChI is InChI=1S/C21H11Cl2F3N2O4/c1-2-7-32-17-6-4-13(22)8-11(17)9-14-18(29)27-20(31)28(19(14)30)16-10-12(21(24,25)26)3-5-15(16)23/h1,3-6,8-10H,7H2,(H,27,29,31)/b14-9-. The van der Waals surface area contributed by atoms with Crippen LogP contribution in [0.3, 0.4) is 0 Å². The molecular weight excluding hydrogens is 472 g/mol. The number of anilines is 1. The fraction of sp³-hybridized carbons (Fsp3) is 0.0952. The number of ether oxygens (including phenoxy) is 1. The minimum Gasteiger partial charge on any atom is -0.480 e. The van der Waals surface area contributed by atoms with Crippen LogP contribution in [0.2, 0.25) is 10.0 Å². The molecule has 1 fully saturated rings. The van der Waals surface area contributed by atoms with Crippen LogP contribution >= 0.6 is 23.2 Å². The first-order valence-electron chi connectivity index (χ1n) is 8.67. The Labute approximate surface area is 189 Å². The summed E-state index contributed by atoms with van der Waals surface area (Å²) in [4.78, 5) is 38.0. The van der Waals surface area contributed by atoms with Crippen molar-refractivity contribution in [3.8, 4) is 18.1 Å². The van der Waals surface area contributed by atoms with Gasteiger partial charge in [0.2, 0.25) is 0 Å². The number of amides is 4. The summed E-state index contributed by atoms with van der Waals surface area (Å²) in [7, 11) is 0. The van der Waals surface area contributed by atoms with Crippen molar-refractivity contribution < 1.29 is 32.3 Å². The van der Waals surface area contributed by atoms with Gasteiger partial charge in [0.25, 0.3) is 11.8 Å². The van der Waals surface area contributed by atoms with Crippen LogP contribution in [0.4, 0.5) is 23.7 Å². The summed E-state index contributed by atoms with van der Waals surface area (Å²) < 4.78 is 44.7. The average Bonchev–Trinajstić information content (AvgIpc) is 2.70. The van der Waals surface area contributed by atoms with Crippen molar-refractivity contribution >= 4 is 52.8 Å². The Hall–Kier alpha value is -3.48. The average molecular weight is 483 g/mol. The zero-order chi connectivity index (χ0) is 23.6. The molecule has 0 radical (unpaired) electrons. The van der Waals surface area contributed by atoms with E-state index in [4.69, 9.17) is 34.4 Å². The Balaban J connectivity index is 2.10. The number of halogens is 5. The highest BCUT2D eigenvalue weighted by Crippen LogP contribution is 2.37. The van der Waals surface area contributed by atoms with Gasteiger partial charge in [0.15, 0.2) is 0 Å². The third-order valence-corrected chi connectivity index (χ3v) is 4.75. The number of nitrogens with zero attached hydrogens (tertiary/aromatic N) is 1.